The molecule has 0 atom stereocenters. The first kappa shape index (κ1) is 11.4. The molecule has 3 rings (SSSR count). The van der Waals surface area contributed by atoms with Crippen LogP contribution in [0.4, 0.5) is 5.69 Å². The van der Waals surface area contributed by atoms with Gasteiger partial charge >= 0.3 is 0 Å². The van der Waals surface area contributed by atoms with Crippen LogP contribution in [-0.4, -0.2) is 4.98 Å². The topological polar surface area (TPSA) is 52.0 Å². The third-order valence-corrected chi connectivity index (χ3v) is 3.27. The Morgan fingerprint density at radius 2 is 1.83 bits per heavy atom. The van der Waals surface area contributed by atoms with Gasteiger partial charge in [0.1, 0.15) is 5.52 Å². The number of hydrogen-bond acceptors (Lipinski definition) is 3. The fourth-order valence-corrected chi connectivity index (χ4v) is 2.09. The van der Waals surface area contributed by atoms with Crippen LogP contribution in [0, 0.1) is 0 Å². The van der Waals surface area contributed by atoms with Crippen molar-refractivity contribution in [2.75, 3.05) is 5.73 Å². The highest BCUT2D eigenvalue weighted by atomic mass is 35.5. The SMILES string of the molecule is Nc1cc2oc(-c3ccccc3Cl)nc2cc1Cl. The molecule has 3 aromatic rings. The second-order valence-corrected chi connectivity index (χ2v) is 4.65. The smallest absolute Gasteiger partial charge is 0.228 e. The summed E-state index contributed by atoms with van der Waals surface area (Å²) in [5, 5.41) is 1.05. The third-order valence-electron chi connectivity index (χ3n) is 2.61. The zero-order valence-electron chi connectivity index (χ0n) is 9.15. The number of nitrogens with two attached hydrogens (primary N) is 1. The van der Waals surface area contributed by atoms with E-state index >= 15 is 0 Å². The quantitative estimate of drug-likeness (QED) is 0.672. The van der Waals surface area contributed by atoms with Gasteiger partial charge in [-0.25, -0.2) is 4.98 Å². The molecule has 0 saturated heterocycles. The van der Waals surface area contributed by atoms with Crippen molar-refractivity contribution in [3.63, 3.8) is 0 Å². The van der Waals surface area contributed by atoms with E-state index in [1.165, 1.54) is 0 Å². The van der Waals surface area contributed by atoms with Gasteiger partial charge in [0.15, 0.2) is 5.58 Å². The summed E-state index contributed by atoms with van der Waals surface area (Å²) in [6.45, 7) is 0. The lowest BCUT2D eigenvalue weighted by atomic mass is 10.2. The molecule has 2 N–H and O–H groups in total. The molecule has 0 amide bonds. The monoisotopic (exact) mass is 278 g/mol. The lowest BCUT2D eigenvalue weighted by Gasteiger charge is -1.96. The van der Waals surface area contributed by atoms with Crippen molar-refractivity contribution in [2.24, 2.45) is 0 Å². The molecule has 0 unspecified atom stereocenters. The minimum Gasteiger partial charge on any atom is -0.436 e. The van der Waals surface area contributed by atoms with Crippen molar-refractivity contribution in [1.82, 2.24) is 4.98 Å². The fraction of sp³-hybridized carbons (Fsp3) is 0. The van der Waals surface area contributed by atoms with Crippen molar-refractivity contribution in [1.29, 1.82) is 0 Å². The maximum atomic E-state index is 6.10. The van der Waals surface area contributed by atoms with E-state index in [0.717, 1.165) is 5.56 Å². The van der Waals surface area contributed by atoms with Gasteiger partial charge in [-0.2, -0.15) is 0 Å². The largest absolute Gasteiger partial charge is 0.436 e. The molecule has 5 heteroatoms. The molecule has 90 valence electrons. The standard InChI is InChI=1S/C13H8Cl2N2O/c14-8-4-2-1-3-7(8)13-17-11-5-9(15)10(16)6-12(11)18-13/h1-6H,16H2. The van der Waals surface area contributed by atoms with Crippen LogP contribution < -0.4 is 5.73 Å². The van der Waals surface area contributed by atoms with Gasteiger partial charge in [0.05, 0.1) is 21.3 Å². The van der Waals surface area contributed by atoms with Gasteiger partial charge in [-0.3, -0.25) is 0 Å². The molecule has 0 aliphatic carbocycles. The molecular formula is C13H8Cl2N2O. The maximum absolute atomic E-state index is 6.10. The summed E-state index contributed by atoms with van der Waals surface area (Å²) in [7, 11) is 0. The zero-order chi connectivity index (χ0) is 12.7. The van der Waals surface area contributed by atoms with Crippen LogP contribution >= 0.6 is 23.2 Å². The van der Waals surface area contributed by atoms with Gasteiger partial charge in [-0.15, -0.1) is 0 Å². The van der Waals surface area contributed by atoms with Crippen molar-refractivity contribution in [3.05, 3.63) is 46.4 Å². The van der Waals surface area contributed by atoms with E-state index in [1.807, 2.05) is 18.2 Å². The van der Waals surface area contributed by atoms with Gasteiger partial charge in [-0.05, 0) is 18.2 Å². The highest BCUT2D eigenvalue weighted by molar-refractivity contribution is 6.34. The van der Waals surface area contributed by atoms with Crippen molar-refractivity contribution < 1.29 is 4.42 Å². The number of nitrogen functional groups attached to an aromatic ring is 1. The fourth-order valence-electron chi connectivity index (χ4n) is 1.71. The van der Waals surface area contributed by atoms with Crippen LogP contribution in [0.15, 0.2) is 40.8 Å². The number of hydrogen-bond donors (Lipinski definition) is 1. The van der Waals surface area contributed by atoms with Crippen LogP contribution in [-0.2, 0) is 0 Å². The second kappa shape index (κ2) is 4.19. The first-order valence-corrected chi connectivity index (χ1v) is 6.01. The van der Waals surface area contributed by atoms with Crippen molar-refractivity contribution >= 4 is 40.0 Å². The van der Waals surface area contributed by atoms with E-state index in [-0.39, 0.29) is 0 Å². The Kier molecular flexibility index (Phi) is 2.65. The summed E-state index contributed by atoms with van der Waals surface area (Å²) in [6.07, 6.45) is 0. The van der Waals surface area contributed by atoms with Gasteiger partial charge in [0.25, 0.3) is 0 Å². The molecule has 1 heterocycles. The highest BCUT2D eigenvalue weighted by Crippen LogP contribution is 2.32. The Bertz CT molecular complexity index is 698. The molecule has 0 radical (unpaired) electrons. The van der Waals surface area contributed by atoms with Gasteiger partial charge in [0, 0.05) is 6.07 Å². The Hall–Kier alpha value is -1.71. The lowest BCUT2D eigenvalue weighted by molar-refractivity contribution is 0.620. The van der Waals surface area contributed by atoms with Gasteiger partial charge < -0.3 is 10.2 Å². The maximum Gasteiger partial charge on any atom is 0.228 e. The van der Waals surface area contributed by atoms with E-state index in [9.17, 15) is 0 Å². The van der Waals surface area contributed by atoms with Crippen molar-refractivity contribution in [3.8, 4) is 11.5 Å². The third kappa shape index (κ3) is 1.82. The van der Waals surface area contributed by atoms with Gasteiger partial charge in [-0.1, -0.05) is 35.3 Å². The second-order valence-electron chi connectivity index (χ2n) is 3.84. The van der Waals surface area contributed by atoms with Crippen LogP contribution in [0.25, 0.3) is 22.6 Å². The molecule has 18 heavy (non-hydrogen) atoms. The molecule has 2 aromatic carbocycles. The number of benzene rings is 2. The van der Waals surface area contributed by atoms with Crippen LogP contribution in [0.3, 0.4) is 0 Å². The normalized spacial score (nSPS) is 11.0. The Morgan fingerprint density at radius 1 is 1.06 bits per heavy atom. The van der Waals surface area contributed by atoms with Crippen LogP contribution in [0.1, 0.15) is 0 Å². The predicted molar refractivity (Wildman–Crippen MR) is 73.9 cm³/mol. The summed E-state index contributed by atoms with van der Waals surface area (Å²) in [5.41, 5.74) is 8.17. The number of oxazole rings is 1. The van der Waals surface area contributed by atoms with E-state index in [2.05, 4.69) is 4.98 Å². The molecule has 0 saturated carbocycles. The minimum absolute atomic E-state index is 0.456. The highest BCUT2D eigenvalue weighted by Gasteiger charge is 2.12. The van der Waals surface area contributed by atoms with E-state index in [1.54, 1.807) is 18.2 Å². The molecule has 1 aromatic heterocycles. The van der Waals surface area contributed by atoms with Gasteiger partial charge in [0.2, 0.25) is 5.89 Å². The molecule has 0 fully saturated rings. The summed E-state index contributed by atoms with van der Waals surface area (Å²) in [4.78, 5) is 4.35. The molecule has 0 aliphatic rings. The molecule has 0 spiro atoms. The summed E-state index contributed by atoms with van der Waals surface area (Å²) in [6, 6.07) is 10.7. The number of aromatic nitrogens is 1. The summed E-state index contributed by atoms with van der Waals surface area (Å²) < 4.78 is 5.64. The zero-order valence-corrected chi connectivity index (χ0v) is 10.7. The molecule has 0 aliphatic heterocycles. The molecular weight excluding hydrogens is 271 g/mol. The first-order valence-electron chi connectivity index (χ1n) is 5.25. The average Bonchev–Trinajstić information content (AvgIpc) is 2.73. The average molecular weight is 279 g/mol. The Labute approximate surface area is 113 Å². The summed E-state index contributed by atoms with van der Waals surface area (Å²) in [5.74, 6) is 0.456. The predicted octanol–water partition coefficient (Wildman–Crippen LogP) is 4.38. The van der Waals surface area contributed by atoms with Crippen molar-refractivity contribution in [2.45, 2.75) is 0 Å². The van der Waals surface area contributed by atoms with E-state index in [4.69, 9.17) is 33.4 Å². The minimum atomic E-state index is 0.456. The summed E-state index contributed by atoms with van der Waals surface area (Å²) >= 11 is 12.0. The molecule has 3 nitrogen and oxygen atoms in total. The van der Waals surface area contributed by atoms with E-state index in [0.29, 0.717) is 32.7 Å². The number of fused-ring (bicyclic) bond motifs is 1. The number of nitrogens with zero attached hydrogens (tertiary/aromatic N) is 1. The van der Waals surface area contributed by atoms with E-state index < -0.39 is 0 Å². The first-order chi connectivity index (χ1) is 8.65. The number of rotatable bonds is 1. The molecule has 0 bridgehead atoms. The number of halogens is 2. The lowest BCUT2D eigenvalue weighted by Crippen LogP contribution is -1.84. The Balaban J connectivity index is 2.23. The Morgan fingerprint density at radius 3 is 2.61 bits per heavy atom. The van der Waals surface area contributed by atoms with Crippen LogP contribution in [0.5, 0.6) is 0 Å². The number of anilines is 1. The van der Waals surface area contributed by atoms with Crippen LogP contribution in [0.2, 0.25) is 10.0 Å².